The molecule has 0 N–H and O–H groups in total. The summed E-state index contributed by atoms with van der Waals surface area (Å²) >= 11 is 9.51. The van der Waals surface area contributed by atoms with Crippen molar-refractivity contribution in [1.29, 1.82) is 0 Å². The molecule has 112 valence electrons. The maximum absolute atomic E-state index is 14.3. The van der Waals surface area contributed by atoms with Crippen LogP contribution in [0.5, 0.6) is 11.5 Å². The summed E-state index contributed by atoms with van der Waals surface area (Å²) in [5, 5.41) is 0.656. The molecule has 0 aliphatic rings. The van der Waals surface area contributed by atoms with Crippen LogP contribution in [0.1, 0.15) is 21.5 Å². The number of rotatable bonds is 4. The van der Waals surface area contributed by atoms with Gasteiger partial charge in [0.05, 0.1) is 19.0 Å². The number of aryl methyl sites for hydroxylation is 1. The summed E-state index contributed by atoms with van der Waals surface area (Å²) < 4.78 is 24.6. The zero-order valence-corrected chi connectivity index (χ0v) is 14.3. The number of hydrogen-bond donors (Lipinski definition) is 0. The Hall–Kier alpha value is -1.26. The van der Waals surface area contributed by atoms with Crippen LogP contribution in [0, 0.1) is 12.7 Å². The van der Waals surface area contributed by atoms with Gasteiger partial charge in [-0.05, 0) is 36.2 Å². The van der Waals surface area contributed by atoms with E-state index in [-0.39, 0.29) is 10.6 Å². The van der Waals surface area contributed by atoms with Crippen molar-refractivity contribution in [2.24, 2.45) is 0 Å². The van der Waals surface area contributed by atoms with Gasteiger partial charge in [0.2, 0.25) is 0 Å². The highest BCUT2D eigenvalue weighted by molar-refractivity contribution is 9.09. The minimum absolute atomic E-state index is 0.297. The second kappa shape index (κ2) is 6.67. The molecule has 5 heteroatoms. The Bertz CT molecular complexity index is 661. The normalized spacial score (nSPS) is 12.1. The summed E-state index contributed by atoms with van der Waals surface area (Å²) in [4.78, 5) is -0.297. The number of benzene rings is 2. The van der Waals surface area contributed by atoms with Gasteiger partial charge in [-0.2, -0.15) is 0 Å². The number of hydrogen-bond acceptors (Lipinski definition) is 2. The predicted octanol–water partition coefficient (Wildman–Crippen LogP) is 5.29. The van der Waals surface area contributed by atoms with Crippen molar-refractivity contribution in [3.63, 3.8) is 0 Å². The lowest BCUT2D eigenvalue weighted by Gasteiger charge is -2.17. The molecule has 2 nitrogen and oxygen atoms in total. The van der Waals surface area contributed by atoms with Crippen LogP contribution in [0.25, 0.3) is 0 Å². The summed E-state index contributed by atoms with van der Waals surface area (Å²) in [6.07, 6.45) is 0. The Morgan fingerprint density at radius 2 is 1.67 bits per heavy atom. The fraction of sp³-hybridized carbons (Fsp3) is 0.250. The van der Waals surface area contributed by atoms with Gasteiger partial charge < -0.3 is 9.47 Å². The van der Waals surface area contributed by atoms with Crippen LogP contribution >= 0.6 is 27.5 Å². The first-order valence-corrected chi connectivity index (χ1v) is 7.58. The van der Waals surface area contributed by atoms with E-state index in [1.165, 1.54) is 20.3 Å². The molecule has 0 aromatic heterocycles. The van der Waals surface area contributed by atoms with E-state index in [2.05, 4.69) is 15.9 Å². The van der Waals surface area contributed by atoms with Gasteiger partial charge in [0.25, 0.3) is 0 Å². The lowest BCUT2D eigenvalue weighted by atomic mass is 9.99. The van der Waals surface area contributed by atoms with Crippen molar-refractivity contribution >= 4 is 27.5 Å². The van der Waals surface area contributed by atoms with E-state index in [0.717, 1.165) is 11.1 Å². The van der Waals surface area contributed by atoms with Crippen molar-refractivity contribution < 1.29 is 13.9 Å². The highest BCUT2D eigenvalue weighted by Gasteiger charge is 2.20. The quantitative estimate of drug-likeness (QED) is 0.678. The van der Waals surface area contributed by atoms with Crippen LogP contribution in [-0.2, 0) is 0 Å². The van der Waals surface area contributed by atoms with Crippen LogP contribution < -0.4 is 9.47 Å². The number of halogens is 3. The summed E-state index contributed by atoms with van der Waals surface area (Å²) in [5.74, 6) is 0.500. The van der Waals surface area contributed by atoms with E-state index in [1.54, 1.807) is 12.1 Å². The smallest absolute Gasteiger partial charge is 0.163 e. The Kier molecular flexibility index (Phi) is 5.12. The molecule has 0 saturated heterocycles. The van der Waals surface area contributed by atoms with Gasteiger partial charge in [-0.25, -0.2) is 4.39 Å². The Labute approximate surface area is 137 Å². The van der Waals surface area contributed by atoms with Crippen molar-refractivity contribution in [1.82, 2.24) is 0 Å². The van der Waals surface area contributed by atoms with Gasteiger partial charge in [-0.3, -0.25) is 0 Å². The van der Waals surface area contributed by atoms with Gasteiger partial charge >= 0.3 is 0 Å². The molecule has 2 rings (SSSR count). The van der Waals surface area contributed by atoms with Crippen molar-refractivity contribution in [3.8, 4) is 11.5 Å². The van der Waals surface area contributed by atoms with Gasteiger partial charge in [0, 0.05) is 16.7 Å². The van der Waals surface area contributed by atoms with Crippen molar-refractivity contribution in [2.75, 3.05) is 14.2 Å². The van der Waals surface area contributed by atoms with Gasteiger partial charge in [-0.1, -0.05) is 33.6 Å². The highest BCUT2D eigenvalue weighted by atomic mass is 79.9. The van der Waals surface area contributed by atoms with Gasteiger partial charge in [-0.15, -0.1) is 0 Å². The van der Waals surface area contributed by atoms with Crippen LogP contribution in [-0.4, -0.2) is 14.2 Å². The molecule has 0 radical (unpaired) electrons. The second-order valence-electron chi connectivity index (χ2n) is 4.59. The molecule has 0 aliphatic heterocycles. The third-order valence-corrected chi connectivity index (χ3v) is 4.50. The molecule has 21 heavy (non-hydrogen) atoms. The lowest BCUT2D eigenvalue weighted by Crippen LogP contribution is -2.01. The fourth-order valence-corrected chi connectivity index (χ4v) is 3.25. The molecule has 0 heterocycles. The zero-order chi connectivity index (χ0) is 15.6. The molecular formula is C16H15BrClFO2. The molecule has 0 aliphatic carbocycles. The third kappa shape index (κ3) is 3.33. The fourth-order valence-electron chi connectivity index (χ4n) is 2.16. The van der Waals surface area contributed by atoms with E-state index < -0.39 is 0 Å². The monoisotopic (exact) mass is 372 g/mol. The predicted molar refractivity (Wildman–Crippen MR) is 86.5 cm³/mol. The molecule has 1 unspecified atom stereocenters. The summed E-state index contributed by atoms with van der Waals surface area (Å²) in [6.45, 7) is 1.94. The highest BCUT2D eigenvalue weighted by Crippen LogP contribution is 2.39. The number of ether oxygens (including phenoxy) is 2. The van der Waals surface area contributed by atoms with E-state index >= 15 is 0 Å². The average molecular weight is 374 g/mol. The maximum atomic E-state index is 14.3. The molecule has 2 aromatic carbocycles. The SMILES string of the molecule is COc1cc(F)c(C(Br)c2ccc(Cl)cc2C)cc1OC. The van der Waals surface area contributed by atoms with Crippen molar-refractivity contribution in [3.05, 3.63) is 57.9 Å². The van der Waals surface area contributed by atoms with Crippen molar-refractivity contribution in [2.45, 2.75) is 11.8 Å². The Morgan fingerprint density at radius 1 is 1.05 bits per heavy atom. The number of alkyl halides is 1. The van der Waals surface area contributed by atoms with Crippen LogP contribution in [0.4, 0.5) is 4.39 Å². The van der Waals surface area contributed by atoms with Crippen LogP contribution in [0.3, 0.4) is 0 Å². The molecular weight excluding hydrogens is 359 g/mol. The van der Waals surface area contributed by atoms with Crippen LogP contribution in [0.2, 0.25) is 5.02 Å². The minimum Gasteiger partial charge on any atom is -0.493 e. The molecule has 2 aromatic rings. The average Bonchev–Trinajstić information content (AvgIpc) is 2.46. The molecule has 1 atom stereocenters. The Morgan fingerprint density at radius 3 is 2.24 bits per heavy atom. The Balaban J connectivity index is 2.50. The molecule has 0 bridgehead atoms. The standard InChI is InChI=1S/C16H15BrClFO2/c1-9-6-10(18)4-5-11(9)16(17)12-7-14(20-2)15(21-3)8-13(12)19/h4-8,16H,1-3H3. The summed E-state index contributed by atoms with van der Waals surface area (Å²) in [5.41, 5.74) is 2.42. The molecule has 0 saturated carbocycles. The van der Waals surface area contributed by atoms with E-state index in [4.69, 9.17) is 21.1 Å². The molecule has 0 fully saturated rings. The molecule has 0 spiro atoms. The first-order chi connectivity index (χ1) is 9.97. The van der Waals surface area contributed by atoms with E-state index in [0.29, 0.717) is 22.1 Å². The van der Waals surface area contributed by atoms with Gasteiger partial charge in [0.15, 0.2) is 11.5 Å². The first-order valence-electron chi connectivity index (χ1n) is 6.29. The maximum Gasteiger partial charge on any atom is 0.163 e. The van der Waals surface area contributed by atoms with Crippen LogP contribution in [0.15, 0.2) is 30.3 Å². The second-order valence-corrected chi connectivity index (χ2v) is 5.94. The van der Waals surface area contributed by atoms with E-state index in [9.17, 15) is 4.39 Å². The first kappa shape index (κ1) is 16.1. The summed E-state index contributed by atoms with van der Waals surface area (Å²) in [6, 6.07) is 8.49. The zero-order valence-electron chi connectivity index (χ0n) is 11.9. The lowest BCUT2D eigenvalue weighted by molar-refractivity contribution is 0.351. The third-order valence-electron chi connectivity index (χ3n) is 3.28. The largest absolute Gasteiger partial charge is 0.493 e. The topological polar surface area (TPSA) is 18.5 Å². The minimum atomic E-state index is -0.358. The van der Waals surface area contributed by atoms with Gasteiger partial charge in [0.1, 0.15) is 5.82 Å². The van der Waals surface area contributed by atoms with E-state index in [1.807, 2.05) is 19.1 Å². The number of methoxy groups -OCH3 is 2. The summed E-state index contributed by atoms with van der Waals surface area (Å²) in [7, 11) is 3.00. The molecule has 0 amide bonds.